The van der Waals surface area contributed by atoms with Gasteiger partial charge in [-0.25, -0.2) is 13.2 Å². The molecule has 0 unspecified atom stereocenters. The Morgan fingerprint density at radius 1 is 1.37 bits per heavy atom. The number of hydrogen-bond acceptors (Lipinski definition) is 4. The van der Waals surface area contributed by atoms with Crippen molar-refractivity contribution in [3.63, 3.8) is 0 Å². The van der Waals surface area contributed by atoms with Crippen LogP contribution in [0.4, 0.5) is 0 Å². The molecule has 1 aromatic carbocycles. The van der Waals surface area contributed by atoms with Gasteiger partial charge in [-0.05, 0) is 12.5 Å². The third kappa shape index (κ3) is 3.11. The molecule has 0 amide bonds. The van der Waals surface area contributed by atoms with Crippen LogP contribution in [0, 0.1) is 0 Å². The second kappa shape index (κ2) is 5.00. The lowest BCUT2D eigenvalue weighted by Gasteiger charge is -2.02. The number of aromatic carboxylic acids is 1. The number of aryl methyl sites for hydroxylation is 1. The third-order valence-electron chi connectivity index (χ3n) is 2.75. The molecule has 19 heavy (non-hydrogen) atoms. The zero-order valence-electron chi connectivity index (χ0n) is 10.4. The van der Waals surface area contributed by atoms with Crippen molar-refractivity contribution < 1.29 is 18.3 Å². The van der Waals surface area contributed by atoms with Crippen LogP contribution in [0.25, 0.3) is 10.9 Å². The number of carboxylic acid groups (broad SMARTS) is 1. The lowest BCUT2D eigenvalue weighted by atomic mass is 10.2. The highest BCUT2D eigenvalue weighted by molar-refractivity contribution is 7.90. The molecule has 0 spiro atoms. The van der Waals surface area contributed by atoms with Crippen LogP contribution in [0.3, 0.4) is 0 Å². The van der Waals surface area contributed by atoms with Gasteiger partial charge in [-0.3, -0.25) is 4.68 Å². The van der Waals surface area contributed by atoms with E-state index < -0.39 is 15.8 Å². The molecule has 6 nitrogen and oxygen atoms in total. The molecule has 1 aromatic heterocycles. The van der Waals surface area contributed by atoms with E-state index in [4.69, 9.17) is 5.11 Å². The standard InChI is InChI=1S/C12H14N2O4S/c1-19(17,18)8-4-7-14-10-6-3-2-5-9(10)11(13-14)12(15)16/h2-3,5-6H,4,7-8H2,1H3,(H,15,16). The van der Waals surface area contributed by atoms with Crippen LogP contribution in [-0.4, -0.2) is 41.3 Å². The molecule has 2 aromatic rings. The van der Waals surface area contributed by atoms with Gasteiger partial charge in [0.05, 0.1) is 11.3 Å². The minimum absolute atomic E-state index is 0.00467. The summed E-state index contributed by atoms with van der Waals surface area (Å²) in [6, 6.07) is 7.01. The summed E-state index contributed by atoms with van der Waals surface area (Å²) < 4.78 is 23.7. The second-order valence-corrected chi connectivity index (χ2v) is 6.64. The number of nitrogens with zero attached hydrogens (tertiary/aromatic N) is 2. The van der Waals surface area contributed by atoms with Gasteiger partial charge in [0, 0.05) is 18.2 Å². The minimum Gasteiger partial charge on any atom is -0.476 e. The fourth-order valence-electron chi connectivity index (χ4n) is 1.93. The Bertz CT molecular complexity index is 718. The van der Waals surface area contributed by atoms with E-state index in [0.29, 0.717) is 23.9 Å². The topological polar surface area (TPSA) is 89.3 Å². The van der Waals surface area contributed by atoms with Gasteiger partial charge in [-0.2, -0.15) is 5.10 Å². The second-order valence-electron chi connectivity index (χ2n) is 4.38. The lowest BCUT2D eigenvalue weighted by Crippen LogP contribution is -2.09. The number of hydrogen-bond donors (Lipinski definition) is 1. The van der Waals surface area contributed by atoms with Crippen LogP contribution in [0.2, 0.25) is 0 Å². The Morgan fingerprint density at radius 3 is 2.68 bits per heavy atom. The van der Waals surface area contributed by atoms with Crippen molar-refractivity contribution in [3.8, 4) is 0 Å². The molecule has 0 saturated heterocycles. The maximum absolute atomic E-state index is 11.1. The largest absolute Gasteiger partial charge is 0.476 e. The first-order valence-corrected chi connectivity index (χ1v) is 7.81. The Morgan fingerprint density at radius 2 is 2.05 bits per heavy atom. The van der Waals surface area contributed by atoms with E-state index in [1.54, 1.807) is 28.9 Å². The maximum Gasteiger partial charge on any atom is 0.357 e. The average molecular weight is 282 g/mol. The Labute approximate surface area is 110 Å². The van der Waals surface area contributed by atoms with Gasteiger partial charge in [0.15, 0.2) is 5.69 Å². The molecule has 0 fully saturated rings. The Hall–Kier alpha value is -1.89. The molecule has 0 aliphatic rings. The molecule has 7 heteroatoms. The zero-order chi connectivity index (χ0) is 14.0. The predicted molar refractivity (Wildman–Crippen MR) is 71.0 cm³/mol. The number of rotatable bonds is 5. The van der Waals surface area contributed by atoms with Crippen molar-refractivity contribution >= 4 is 26.7 Å². The van der Waals surface area contributed by atoms with Gasteiger partial charge in [-0.15, -0.1) is 0 Å². The smallest absolute Gasteiger partial charge is 0.357 e. The monoisotopic (exact) mass is 282 g/mol. The summed E-state index contributed by atoms with van der Waals surface area (Å²) in [5, 5.41) is 13.7. The van der Waals surface area contributed by atoms with E-state index >= 15 is 0 Å². The molecule has 0 aliphatic heterocycles. The lowest BCUT2D eigenvalue weighted by molar-refractivity contribution is 0.0691. The first-order chi connectivity index (χ1) is 8.88. The summed E-state index contributed by atoms with van der Waals surface area (Å²) in [6.07, 6.45) is 1.58. The summed E-state index contributed by atoms with van der Waals surface area (Å²) in [5.41, 5.74) is 0.698. The summed E-state index contributed by atoms with van der Waals surface area (Å²) in [7, 11) is -3.01. The molecule has 1 N–H and O–H groups in total. The zero-order valence-corrected chi connectivity index (χ0v) is 11.2. The van der Waals surface area contributed by atoms with Crippen LogP contribution < -0.4 is 0 Å². The number of benzene rings is 1. The summed E-state index contributed by atoms with van der Waals surface area (Å²) in [4.78, 5) is 11.1. The highest BCUT2D eigenvalue weighted by Crippen LogP contribution is 2.18. The van der Waals surface area contributed by atoms with Crippen LogP contribution >= 0.6 is 0 Å². The molecular formula is C12H14N2O4S. The van der Waals surface area contributed by atoms with Crippen LogP contribution in [0.1, 0.15) is 16.9 Å². The molecule has 0 saturated carbocycles. The first-order valence-electron chi connectivity index (χ1n) is 5.75. The van der Waals surface area contributed by atoms with Crippen molar-refractivity contribution in [3.05, 3.63) is 30.0 Å². The van der Waals surface area contributed by atoms with Gasteiger partial charge in [0.25, 0.3) is 0 Å². The number of aromatic nitrogens is 2. The van der Waals surface area contributed by atoms with Crippen LogP contribution in [0.5, 0.6) is 0 Å². The first kappa shape index (κ1) is 13.5. The van der Waals surface area contributed by atoms with Gasteiger partial charge in [-0.1, -0.05) is 18.2 Å². The normalized spacial score (nSPS) is 11.8. The van der Waals surface area contributed by atoms with E-state index in [1.807, 2.05) is 0 Å². The summed E-state index contributed by atoms with van der Waals surface area (Å²) >= 11 is 0. The summed E-state index contributed by atoms with van der Waals surface area (Å²) in [6.45, 7) is 0.376. The van der Waals surface area contributed by atoms with Crippen molar-refractivity contribution in [2.45, 2.75) is 13.0 Å². The molecule has 2 rings (SSSR count). The highest BCUT2D eigenvalue weighted by atomic mass is 32.2. The quantitative estimate of drug-likeness (QED) is 0.889. The number of sulfone groups is 1. The van der Waals surface area contributed by atoms with Crippen molar-refractivity contribution in [2.75, 3.05) is 12.0 Å². The van der Waals surface area contributed by atoms with E-state index in [1.165, 1.54) is 6.26 Å². The summed E-state index contributed by atoms with van der Waals surface area (Å²) in [5.74, 6) is -1.03. The van der Waals surface area contributed by atoms with Gasteiger partial charge < -0.3 is 5.11 Å². The van der Waals surface area contributed by atoms with E-state index in [0.717, 1.165) is 0 Å². The fraction of sp³-hybridized carbons (Fsp3) is 0.333. The SMILES string of the molecule is CS(=O)(=O)CCCn1nc(C(=O)O)c2ccccc21. The number of fused-ring (bicyclic) bond motifs is 1. The van der Waals surface area contributed by atoms with Crippen LogP contribution in [0.15, 0.2) is 24.3 Å². The fourth-order valence-corrected chi connectivity index (χ4v) is 2.59. The van der Waals surface area contributed by atoms with E-state index in [9.17, 15) is 13.2 Å². The van der Waals surface area contributed by atoms with Gasteiger partial charge in [0.2, 0.25) is 0 Å². The van der Waals surface area contributed by atoms with Crippen molar-refractivity contribution in [1.29, 1.82) is 0 Å². The number of carbonyl (C=O) groups is 1. The Balaban J connectivity index is 2.31. The van der Waals surface area contributed by atoms with Gasteiger partial charge in [0.1, 0.15) is 9.84 Å². The van der Waals surface area contributed by atoms with Crippen LogP contribution in [-0.2, 0) is 16.4 Å². The number of para-hydroxylation sites is 1. The molecule has 0 bridgehead atoms. The Kier molecular flexibility index (Phi) is 3.57. The predicted octanol–water partition coefficient (Wildman–Crippen LogP) is 1.17. The minimum atomic E-state index is -3.01. The third-order valence-corrected chi connectivity index (χ3v) is 3.78. The maximum atomic E-state index is 11.1. The van der Waals surface area contributed by atoms with E-state index in [-0.39, 0.29) is 11.4 Å². The molecule has 0 radical (unpaired) electrons. The van der Waals surface area contributed by atoms with Crippen molar-refractivity contribution in [2.24, 2.45) is 0 Å². The molecule has 0 aliphatic carbocycles. The molecule has 102 valence electrons. The van der Waals surface area contributed by atoms with Crippen molar-refractivity contribution in [1.82, 2.24) is 9.78 Å². The molecular weight excluding hydrogens is 268 g/mol. The average Bonchev–Trinajstić information content (AvgIpc) is 2.67. The highest BCUT2D eigenvalue weighted by Gasteiger charge is 2.15. The molecule has 0 atom stereocenters. The van der Waals surface area contributed by atoms with Gasteiger partial charge >= 0.3 is 5.97 Å². The molecule has 1 heterocycles. The van der Waals surface area contributed by atoms with E-state index in [2.05, 4.69) is 5.10 Å². The number of carboxylic acids is 1.